The number of carbonyl (C=O) groups excluding carboxylic acids is 4. The molecule has 1 unspecified atom stereocenters. The zero-order valence-electron chi connectivity index (χ0n) is 16.1. The summed E-state index contributed by atoms with van der Waals surface area (Å²) in [4.78, 5) is 54.5. The molecule has 0 radical (unpaired) electrons. The number of β-amino-alcohol motifs (C(OH)–C–C–N with tert-alkyl or cyclic N) is 1. The normalized spacial score (nSPS) is 26.4. The standard InChI is InChI=1S/C20H22N4O5/c1-22-8-20(29,9-22)10-23-6-11-4-13-14(5-12(11)7-23)19(28)24(18(13)27)15-2-3-16(25)21-17(15)26/h4-5,15,29H,2-3,6-10H2,1H3,(H,21,25,26). The van der Waals surface area contributed by atoms with Crippen LogP contribution in [-0.4, -0.2) is 81.8 Å². The van der Waals surface area contributed by atoms with Gasteiger partial charge in [-0.1, -0.05) is 0 Å². The van der Waals surface area contributed by atoms with Gasteiger partial charge in [0, 0.05) is 39.1 Å². The van der Waals surface area contributed by atoms with Crippen LogP contribution in [0.2, 0.25) is 0 Å². The molecule has 2 fully saturated rings. The molecule has 0 bridgehead atoms. The Bertz CT molecular complexity index is 923. The van der Waals surface area contributed by atoms with Gasteiger partial charge in [0.15, 0.2) is 0 Å². The highest BCUT2D eigenvalue weighted by atomic mass is 16.3. The van der Waals surface area contributed by atoms with Gasteiger partial charge >= 0.3 is 0 Å². The lowest BCUT2D eigenvalue weighted by Gasteiger charge is -2.46. The molecule has 0 spiro atoms. The predicted octanol–water partition coefficient (Wildman–Crippen LogP) is -0.920. The number of likely N-dealkylation sites (N-methyl/N-ethyl adjacent to an activating group) is 1. The fourth-order valence-corrected chi connectivity index (χ4v) is 5.03. The molecule has 1 atom stereocenters. The van der Waals surface area contributed by atoms with Gasteiger partial charge in [-0.15, -0.1) is 0 Å². The van der Waals surface area contributed by atoms with E-state index in [4.69, 9.17) is 0 Å². The third-order valence-corrected chi connectivity index (χ3v) is 6.19. The number of benzene rings is 1. The summed E-state index contributed by atoms with van der Waals surface area (Å²) >= 11 is 0. The Balaban J connectivity index is 1.36. The number of fused-ring (bicyclic) bond motifs is 2. The first-order valence-electron chi connectivity index (χ1n) is 9.75. The van der Waals surface area contributed by atoms with Crippen LogP contribution in [0.5, 0.6) is 0 Å². The lowest BCUT2D eigenvalue weighted by atomic mass is 9.94. The number of imide groups is 2. The maximum Gasteiger partial charge on any atom is 0.262 e. The Hall–Kier alpha value is -2.62. The topological polar surface area (TPSA) is 110 Å². The van der Waals surface area contributed by atoms with E-state index in [2.05, 4.69) is 15.1 Å². The fourth-order valence-electron chi connectivity index (χ4n) is 5.03. The molecule has 0 saturated carbocycles. The SMILES string of the molecule is CN1CC(O)(CN2Cc3cc4c(cc3C2)C(=O)N(C2CCC(=O)NC2=O)C4=O)C1. The molecule has 4 heterocycles. The number of carbonyl (C=O) groups is 4. The highest BCUT2D eigenvalue weighted by molar-refractivity contribution is 6.23. The van der Waals surface area contributed by atoms with Crippen molar-refractivity contribution < 1.29 is 24.3 Å². The number of hydrogen-bond acceptors (Lipinski definition) is 7. The minimum Gasteiger partial charge on any atom is -0.386 e. The van der Waals surface area contributed by atoms with E-state index in [0.717, 1.165) is 16.0 Å². The van der Waals surface area contributed by atoms with E-state index in [0.29, 0.717) is 43.9 Å². The number of nitrogens with zero attached hydrogens (tertiary/aromatic N) is 3. The molecule has 4 aliphatic rings. The lowest BCUT2D eigenvalue weighted by molar-refractivity contribution is -0.136. The maximum atomic E-state index is 12.9. The Kier molecular flexibility index (Phi) is 3.93. The second kappa shape index (κ2) is 6.19. The molecule has 2 N–H and O–H groups in total. The highest BCUT2D eigenvalue weighted by Crippen LogP contribution is 2.34. The molecule has 29 heavy (non-hydrogen) atoms. The highest BCUT2D eigenvalue weighted by Gasteiger charge is 2.46. The van der Waals surface area contributed by atoms with Gasteiger partial charge < -0.3 is 10.0 Å². The zero-order chi connectivity index (χ0) is 20.5. The Morgan fingerprint density at radius 1 is 1.07 bits per heavy atom. The summed E-state index contributed by atoms with van der Waals surface area (Å²) in [5, 5.41) is 12.7. The van der Waals surface area contributed by atoms with E-state index in [-0.39, 0.29) is 18.7 Å². The van der Waals surface area contributed by atoms with Crippen molar-refractivity contribution in [2.24, 2.45) is 0 Å². The largest absolute Gasteiger partial charge is 0.386 e. The van der Waals surface area contributed by atoms with E-state index >= 15 is 0 Å². The van der Waals surface area contributed by atoms with Crippen LogP contribution in [-0.2, 0) is 22.7 Å². The monoisotopic (exact) mass is 398 g/mol. The summed E-state index contributed by atoms with van der Waals surface area (Å²) in [6.07, 6.45) is 0.254. The molecule has 5 rings (SSSR count). The second-order valence-electron chi connectivity index (χ2n) is 8.66. The van der Waals surface area contributed by atoms with Crippen molar-refractivity contribution in [3.05, 3.63) is 34.4 Å². The Morgan fingerprint density at radius 2 is 1.66 bits per heavy atom. The summed E-state index contributed by atoms with van der Waals surface area (Å²) in [5.74, 6) is -1.96. The molecule has 1 aromatic carbocycles. The number of piperidine rings is 1. The molecule has 0 aromatic heterocycles. The van der Waals surface area contributed by atoms with Gasteiger partial charge in [-0.2, -0.15) is 0 Å². The van der Waals surface area contributed by atoms with Crippen molar-refractivity contribution >= 4 is 23.6 Å². The van der Waals surface area contributed by atoms with Crippen molar-refractivity contribution in [3.63, 3.8) is 0 Å². The van der Waals surface area contributed by atoms with Crippen LogP contribution in [0.4, 0.5) is 0 Å². The van der Waals surface area contributed by atoms with Crippen molar-refractivity contribution in [1.29, 1.82) is 0 Å². The molecule has 152 valence electrons. The van der Waals surface area contributed by atoms with Crippen molar-refractivity contribution in [1.82, 2.24) is 20.0 Å². The molecule has 9 nitrogen and oxygen atoms in total. The third-order valence-electron chi connectivity index (χ3n) is 6.19. The Labute approximate surface area is 167 Å². The summed E-state index contributed by atoms with van der Waals surface area (Å²) < 4.78 is 0. The molecule has 1 aromatic rings. The molecule has 0 aliphatic carbocycles. The first-order valence-corrected chi connectivity index (χ1v) is 9.75. The smallest absolute Gasteiger partial charge is 0.262 e. The van der Waals surface area contributed by atoms with Crippen LogP contribution in [0.25, 0.3) is 0 Å². The number of amides is 4. The predicted molar refractivity (Wildman–Crippen MR) is 99.7 cm³/mol. The van der Waals surface area contributed by atoms with Crippen LogP contribution in [0.15, 0.2) is 12.1 Å². The zero-order valence-corrected chi connectivity index (χ0v) is 16.1. The van der Waals surface area contributed by atoms with Gasteiger partial charge in [-0.25, -0.2) is 0 Å². The average Bonchev–Trinajstić information content (AvgIpc) is 3.11. The van der Waals surface area contributed by atoms with E-state index in [9.17, 15) is 24.3 Å². The summed E-state index contributed by atoms with van der Waals surface area (Å²) in [7, 11) is 1.96. The summed E-state index contributed by atoms with van der Waals surface area (Å²) in [6, 6.07) is 2.54. The van der Waals surface area contributed by atoms with Gasteiger partial charge in [-0.3, -0.25) is 34.3 Å². The van der Waals surface area contributed by atoms with Gasteiger partial charge in [0.2, 0.25) is 11.8 Å². The van der Waals surface area contributed by atoms with Crippen LogP contribution in [0, 0.1) is 0 Å². The van der Waals surface area contributed by atoms with Crippen molar-refractivity contribution in [2.75, 3.05) is 26.7 Å². The van der Waals surface area contributed by atoms with Crippen LogP contribution < -0.4 is 5.32 Å². The number of rotatable bonds is 3. The van der Waals surface area contributed by atoms with E-state index in [1.54, 1.807) is 12.1 Å². The number of likely N-dealkylation sites (tertiary alicyclic amines) is 1. The average molecular weight is 398 g/mol. The molecular weight excluding hydrogens is 376 g/mol. The van der Waals surface area contributed by atoms with E-state index in [1.807, 2.05) is 7.05 Å². The van der Waals surface area contributed by atoms with Gasteiger partial charge in [0.05, 0.1) is 11.1 Å². The van der Waals surface area contributed by atoms with Gasteiger partial charge in [0.1, 0.15) is 11.6 Å². The molecule has 2 saturated heterocycles. The van der Waals surface area contributed by atoms with Crippen LogP contribution in [0.1, 0.15) is 44.7 Å². The van der Waals surface area contributed by atoms with Gasteiger partial charge in [0.25, 0.3) is 11.8 Å². The third kappa shape index (κ3) is 2.88. The number of hydrogen-bond donors (Lipinski definition) is 2. The first kappa shape index (κ1) is 18.4. The van der Waals surface area contributed by atoms with Gasteiger partial charge in [-0.05, 0) is 36.7 Å². The molecule has 4 amide bonds. The minimum atomic E-state index is -0.948. The molecule has 9 heteroatoms. The van der Waals surface area contributed by atoms with Crippen molar-refractivity contribution in [3.8, 4) is 0 Å². The van der Waals surface area contributed by atoms with E-state index in [1.165, 1.54) is 0 Å². The van der Waals surface area contributed by atoms with Crippen LogP contribution in [0.3, 0.4) is 0 Å². The molecule has 4 aliphatic heterocycles. The molecular formula is C20H22N4O5. The number of nitrogens with one attached hydrogen (secondary N) is 1. The second-order valence-corrected chi connectivity index (χ2v) is 8.66. The fraction of sp³-hybridized carbons (Fsp3) is 0.500. The lowest BCUT2D eigenvalue weighted by Crippen LogP contribution is -2.64. The summed E-state index contributed by atoms with van der Waals surface area (Å²) in [5.41, 5.74) is 1.83. The first-order chi connectivity index (χ1) is 13.7. The summed E-state index contributed by atoms with van der Waals surface area (Å²) in [6.45, 7) is 3.02. The van der Waals surface area contributed by atoms with E-state index < -0.39 is 29.4 Å². The maximum absolute atomic E-state index is 12.9. The quantitative estimate of drug-likeness (QED) is 0.634. The number of aliphatic hydroxyl groups is 1. The van der Waals surface area contributed by atoms with Crippen molar-refractivity contribution in [2.45, 2.75) is 37.6 Å². The minimum absolute atomic E-state index is 0.105. The Morgan fingerprint density at radius 3 is 2.17 bits per heavy atom. The van der Waals surface area contributed by atoms with Crippen LogP contribution >= 0.6 is 0 Å².